The van der Waals surface area contributed by atoms with Crippen molar-refractivity contribution in [2.75, 3.05) is 29.1 Å². The van der Waals surface area contributed by atoms with Gasteiger partial charge in [-0.25, -0.2) is 4.98 Å². The second-order valence-electron chi connectivity index (χ2n) is 8.92. The Hall–Kier alpha value is -3.65. The van der Waals surface area contributed by atoms with Crippen LogP contribution in [0.15, 0.2) is 78.1 Å². The molecular formula is C27H26N6OS. The molecule has 8 heteroatoms. The number of carbonyl (C=O) groups is 1. The molecule has 4 heterocycles. The first-order chi connectivity index (χ1) is 17.2. The molecule has 0 saturated carbocycles. The highest BCUT2D eigenvalue weighted by Gasteiger charge is 2.26. The molecule has 1 saturated heterocycles. The van der Waals surface area contributed by atoms with Crippen molar-refractivity contribution in [2.45, 2.75) is 24.5 Å². The number of hydrogen-bond acceptors (Lipinski definition) is 6. The molecule has 176 valence electrons. The molecule has 0 bridgehead atoms. The maximum absolute atomic E-state index is 12.9. The monoisotopic (exact) mass is 482 g/mol. The van der Waals surface area contributed by atoms with E-state index in [1.54, 1.807) is 11.8 Å². The first kappa shape index (κ1) is 21.9. The van der Waals surface area contributed by atoms with Crippen LogP contribution in [0, 0.1) is 5.92 Å². The van der Waals surface area contributed by atoms with Gasteiger partial charge in [-0.1, -0.05) is 54.2 Å². The van der Waals surface area contributed by atoms with Crippen LogP contribution in [0.2, 0.25) is 0 Å². The van der Waals surface area contributed by atoms with Crippen LogP contribution in [0.1, 0.15) is 12.8 Å². The Morgan fingerprint density at radius 3 is 2.34 bits per heavy atom. The fourth-order valence-electron chi connectivity index (χ4n) is 4.64. The Balaban J connectivity index is 1.03. The number of carbonyl (C=O) groups excluding carboxylic acids is 1. The SMILES string of the molecule is O=C(Nc1ccc(-c2cn3c(n2)SCC3)cc1)C1CCN(c2ccc(-c3ccccc3)nn2)CC1. The highest BCUT2D eigenvalue weighted by atomic mass is 32.2. The second kappa shape index (κ2) is 9.54. The molecule has 7 nitrogen and oxygen atoms in total. The summed E-state index contributed by atoms with van der Waals surface area (Å²) in [5.41, 5.74) is 4.80. The van der Waals surface area contributed by atoms with Gasteiger partial charge in [-0.05, 0) is 37.1 Å². The standard InChI is InChI=1S/C27H26N6OS/c34-26(28-22-8-6-20(7-9-22)24-18-33-16-17-35-27(33)29-24)21-12-14-32(15-13-21)25-11-10-23(30-31-25)19-4-2-1-3-5-19/h1-11,18,21H,12-17H2,(H,28,34). The zero-order chi connectivity index (χ0) is 23.6. The topological polar surface area (TPSA) is 75.9 Å². The lowest BCUT2D eigenvalue weighted by Gasteiger charge is -2.31. The highest BCUT2D eigenvalue weighted by molar-refractivity contribution is 7.99. The van der Waals surface area contributed by atoms with E-state index in [-0.39, 0.29) is 11.8 Å². The normalized spacial score (nSPS) is 15.7. The van der Waals surface area contributed by atoms with Gasteiger partial charge in [0.1, 0.15) is 0 Å². The van der Waals surface area contributed by atoms with Crippen molar-refractivity contribution in [3.8, 4) is 22.5 Å². The van der Waals surface area contributed by atoms with Gasteiger partial charge in [0, 0.05) is 54.3 Å². The number of nitrogens with one attached hydrogen (secondary N) is 1. The fraction of sp³-hybridized carbons (Fsp3) is 0.259. The minimum absolute atomic E-state index is 0.00406. The van der Waals surface area contributed by atoms with Gasteiger partial charge in [-0.15, -0.1) is 10.2 Å². The lowest BCUT2D eigenvalue weighted by Crippen LogP contribution is -2.38. The molecule has 35 heavy (non-hydrogen) atoms. The number of aromatic nitrogens is 4. The predicted molar refractivity (Wildman–Crippen MR) is 139 cm³/mol. The van der Waals surface area contributed by atoms with Crippen LogP contribution in [-0.4, -0.2) is 44.5 Å². The zero-order valence-corrected chi connectivity index (χ0v) is 20.1. The second-order valence-corrected chi connectivity index (χ2v) is 9.98. The number of nitrogens with zero attached hydrogens (tertiary/aromatic N) is 5. The summed E-state index contributed by atoms with van der Waals surface area (Å²) in [6, 6.07) is 22.1. The highest BCUT2D eigenvalue weighted by Crippen LogP contribution is 2.30. The number of amides is 1. The Labute approximate surface area is 208 Å². The van der Waals surface area contributed by atoms with Gasteiger partial charge < -0.3 is 14.8 Å². The van der Waals surface area contributed by atoms with Gasteiger partial charge >= 0.3 is 0 Å². The van der Waals surface area contributed by atoms with E-state index in [0.29, 0.717) is 0 Å². The van der Waals surface area contributed by atoms with Crippen LogP contribution >= 0.6 is 11.8 Å². The van der Waals surface area contributed by atoms with Gasteiger partial charge in [-0.3, -0.25) is 4.79 Å². The van der Waals surface area contributed by atoms with Gasteiger partial charge in [0.15, 0.2) is 11.0 Å². The minimum Gasteiger partial charge on any atom is -0.355 e. The van der Waals surface area contributed by atoms with Crippen LogP contribution in [0.3, 0.4) is 0 Å². The van der Waals surface area contributed by atoms with Crippen LogP contribution in [0.4, 0.5) is 11.5 Å². The molecular weight excluding hydrogens is 456 g/mol. The Morgan fingerprint density at radius 1 is 0.857 bits per heavy atom. The Bertz CT molecular complexity index is 1290. The van der Waals surface area contributed by atoms with Crippen molar-refractivity contribution in [3.05, 3.63) is 72.9 Å². The van der Waals surface area contributed by atoms with E-state index in [4.69, 9.17) is 4.98 Å². The molecule has 1 N–H and O–H groups in total. The first-order valence-electron chi connectivity index (χ1n) is 12.0. The third kappa shape index (κ3) is 4.66. The van der Waals surface area contributed by atoms with Crippen molar-refractivity contribution >= 4 is 29.2 Å². The minimum atomic E-state index is -0.00406. The molecule has 1 fully saturated rings. The van der Waals surface area contributed by atoms with Crippen molar-refractivity contribution < 1.29 is 4.79 Å². The molecule has 2 aliphatic heterocycles. The summed E-state index contributed by atoms with van der Waals surface area (Å²) in [5.74, 6) is 2.04. The first-order valence-corrected chi connectivity index (χ1v) is 13.0. The lowest BCUT2D eigenvalue weighted by atomic mass is 9.95. The molecule has 0 atom stereocenters. The van der Waals surface area contributed by atoms with Gasteiger partial charge in [0.2, 0.25) is 5.91 Å². The van der Waals surface area contributed by atoms with E-state index in [1.807, 2.05) is 66.7 Å². The molecule has 2 aromatic carbocycles. The predicted octanol–water partition coefficient (Wildman–Crippen LogP) is 4.97. The number of rotatable bonds is 5. The smallest absolute Gasteiger partial charge is 0.227 e. The Kier molecular flexibility index (Phi) is 5.96. The number of imidazole rings is 1. The summed E-state index contributed by atoms with van der Waals surface area (Å²) in [5, 5.41) is 13.0. The van der Waals surface area contributed by atoms with Gasteiger partial charge in [-0.2, -0.15) is 0 Å². The summed E-state index contributed by atoms with van der Waals surface area (Å²) >= 11 is 1.79. The van der Waals surface area contributed by atoms with Crippen molar-refractivity contribution in [1.82, 2.24) is 19.7 Å². The molecule has 0 unspecified atom stereocenters. The number of aryl methyl sites for hydroxylation is 1. The number of benzene rings is 2. The van der Waals surface area contributed by atoms with E-state index >= 15 is 0 Å². The Morgan fingerprint density at radius 2 is 1.63 bits per heavy atom. The van der Waals surface area contributed by atoms with Crippen LogP contribution in [0.5, 0.6) is 0 Å². The molecule has 1 amide bonds. The number of fused-ring (bicyclic) bond motifs is 1. The van der Waals surface area contributed by atoms with Crippen LogP contribution < -0.4 is 10.2 Å². The van der Waals surface area contributed by atoms with Crippen LogP contribution in [0.25, 0.3) is 22.5 Å². The number of piperidine rings is 1. The third-order valence-electron chi connectivity index (χ3n) is 6.66. The van der Waals surface area contributed by atoms with E-state index in [2.05, 4.69) is 31.2 Å². The number of thioether (sulfide) groups is 1. The largest absolute Gasteiger partial charge is 0.355 e. The summed E-state index contributed by atoms with van der Waals surface area (Å²) in [7, 11) is 0. The van der Waals surface area contributed by atoms with Gasteiger partial charge in [0.25, 0.3) is 0 Å². The third-order valence-corrected chi connectivity index (χ3v) is 7.63. The van der Waals surface area contributed by atoms with Crippen LogP contribution in [-0.2, 0) is 11.3 Å². The average molecular weight is 483 g/mol. The zero-order valence-electron chi connectivity index (χ0n) is 19.3. The van der Waals surface area contributed by atoms with E-state index in [0.717, 1.165) is 77.4 Å². The lowest BCUT2D eigenvalue weighted by molar-refractivity contribution is -0.120. The fourth-order valence-corrected chi connectivity index (χ4v) is 5.59. The van der Waals surface area contributed by atoms with E-state index < -0.39 is 0 Å². The molecule has 6 rings (SSSR count). The van der Waals surface area contributed by atoms with Crippen molar-refractivity contribution in [3.63, 3.8) is 0 Å². The van der Waals surface area contributed by atoms with E-state index in [9.17, 15) is 4.79 Å². The maximum atomic E-state index is 12.9. The molecule has 0 spiro atoms. The molecule has 4 aromatic rings. The van der Waals surface area contributed by atoms with Crippen molar-refractivity contribution in [2.24, 2.45) is 5.92 Å². The summed E-state index contributed by atoms with van der Waals surface area (Å²) in [6.45, 7) is 2.60. The van der Waals surface area contributed by atoms with Gasteiger partial charge in [0.05, 0.1) is 11.4 Å². The van der Waals surface area contributed by atoms with E-state index in [1.165, 1.54) is 0 Å². The molecule has 2 aliphatic rings. The van der Waals surface area contributed by atoms with Crippen molar-refractivity contribution in [1.29, 1.82) is 0 Å². The summed E-state index contributed by atoms with van der Waals surface area (Å²) in [4.78, 5) is 19.8. The quantitative estimate of drug-likeness (QED) is 0.433. The number of hydrogen-bond donors (Lipinski definition) is 1. The summed E-state index contributed by atoms with van der Waals surface area (Å²) < 4.78 is 2.20. The number of anilines is 2. The molecule has 0 aliphatic carbocycles. The summed E-state index contributed by atoms with van der Waals surface area (Å²) in [6.07, 6.45) is 3.70. The molecule has 0 radical (unpaired) electrons. The maximum Gasteiger partial charge on any atom is 0.227 e. The molecule has 2 aromatic heterocycles. The average Bonchev–Trinajstić information content (AvgIpc) is 3.53.